The lowest BCUT2D eigenvalue weighted by Crippen LogP contribution is -2.28. The molecular weight excluding hydrogens is 244 g/mol. The first kappa shape index (κ1) is 11.5. The van der Waals surface area contributed by atoms with Crippen LogP contribution in [0.3, 0.4) is 0 Å². The van der Waals surface area contributed by atoms with Gasteiger partial charge in [-0.25, -0.2) is 5.43 Å². The zero-order valence-corrected chi connectivity index (χ0v) is 10.8. The molecule has 1 unspecified atom stereocenters. The van der Waals surface area contributed by atoms with Gasteiger partial charge in [0.25, 0.3) is 0 Å². The molecule has 0 saturated carbocycles. The summed E-state index contributed by atoms with van der Waals surface area (Å²) < 4.78 is 5.85. The molecule has 0 amide bonds. The number of fused-ring (bicyclic) bond motifs is 1. The minimum atomic E-state index is -0.0950. The zero-order chi connectivity index (χ0) is 12.5. The molecular formula is C14H14N2OS. The van der Waals surface area contributed by atoms with Gasteiger partial charge in [-0.15, -0.1) is 11.3 Å². The molecule has 0 bridgehead atoms. The maximum atomic E-state index is 5.85. The molecule has 3 N–H and O–H groups in total. The van der Waals surface area contributed by atoms with E-state index in [0.717, 1.165) is 22.3 Å². The van der Waals surface area contributed by atoms with Crippen molar-refractivity contribution in [3.8, 4) is 0 Å². The fourth-order valence-corrected chi connectivity index (χ4v) is 2.83. The average molecular weight is 258 g/mol. The molecule has 0 saturated heterocycles. The number of nitrogens with one attached hydrogen (secondary N) is 1. The third-order valence-electron chi connectivity index (χ3n) is 2.98. The van der Waals surface area contributed by atoms with Crippen LogP contribution in [0.1, 0.15) is 22.2 Å². The van der Waals surface area contributed by atoms with E-state index >= 15 is 0 Å². The number of hydrazine groups is 1. The Morgan fingerprint density at radius 2 is 2.11 bits per heavy atom. The number of thiophene rings is 1. The van der Waals surface area contributed by atoms with Gasteiger partial charge in [0.15, 0.2) is 0 Å². The molecule has 0 aliphatic heterocycles. The summed E-state index contributed by atoms with van der Waals surface area (Å²) >= 11 is 1.71. The smallest absolute Gasteiger partial charge is 0.134 e. The van der Waals surface area contributed by atoms with E-state index in [1.54, 1.807) is 11.3 Å². The maximum Gasteiger partial charge on any atom is 0.134 e. The fraction of sp³-hybridized carbons (Fsp3) is 0.143. The lowest BCUT2D eigenvalue weighted by molar-refractivity contribution is 0.478. The van der Waals surface area contributed by atoms with Gasteiger partial charge >= 0.3 is 0 Å². The Hall–Kier alpha value is -1.62. The highest BCUT2D eigenvalue weighted by Gasteiger charge is 2.18. The number of para-hydroxylation sites is 1. The zero-order valence-electron chi connectivity index (χ0n) is 10.0. The van der Waals surface area contributed by atoms with E-state index in [9.17, 15) is 0 Å². The van der Waals surface area contributed by atoms with Crippen LogP contribution in [0, 0.1) is 6.92 Å². The molecule has 1 aromatic carbocycles. The van der Waals surface area contributed by atoms with Crippen LogP contribution in [-0.2, 0) is 0 Å². The Labute approximate surface area is 109 Å². The van der Waals surface area contributed by atoms with Gasteiger partial charge in [0, 0.05) is 10.3 Å². The van der Waals surface area contributed by atoms with Crippen molar-refractivity contribution >= 4 is 22.3 Å². The van der Waals surface area contributed by atoms with Crippen molar-refractivity contribution in [2.45, 2.75) is 13.0 Å². The number of rotatable bonds is 3. The Bertz CT molecular complexity index is 638. The van der Waals surface area contributed by atoms with Crippen molar-refractivity contribution in [1.82, 2.24) is 5.43 Å². The molecule has 3 rings (SSSR count). The number of furan rings is 1. The van der Waals surface area contributed by atoms with Crippen LogP contribution in [0.25, 0.3) is 11.0 Å². The van der Waals surface area contributed by atoms with Gasteiger partial charge in [0.05, 0.1) is 0 Å². The summed E-state index contributed by atoms with van der Waals surface area (Å²) in [5.41, 5.74) is 4.85. The first-order chi connectivity index (χ1) is 8.78. The van der Waals surface area contributed by atoms with E-state index < -0.39 is 0 Å². The van der Waals surface area contributed by atoms with Crippen LogP contribution < -0.4 is 11.3 Å². The molecule has 1 atom stereocenters. The summed E-state index contributed by atoms with van der Waals surface area (Å²) in [6.45, 7) is 2.08. The first-order valence-electron chi connectivity index (χ1n) is 5.77. The molecule has 92 valence electrons. The van der Waals surface area contributed by atoms with Gasteiger partial charge < -0.3 is 4.42 Å². The van der Waals surface area contributed by atoms with Crippen molar-refractivity contribution < 1.29 is 4.42 Å². The number of hydrogen-bond donors (Lipinski definition) is 2. The monoisotopic (exact) mass is 258 g/mol. The summed E-state index contributed by atoms with van der Waals surface area (Å²) in [6, 6.07) is 12.0. The third kappa shape index (κ3) is 1.95. The van der Waals surface area contributed by atoms with E-state index in [1.807, 2.05) is 30.3 Å². The van der Waals surface area contributed by atoms with Gasteiger partial charge in [-0.1, -0.05) is 18.2 Å². The second kappa shape index (κ2) is 4.57. The number of benzene rings is 1. The molecule has 0 radical (unpaired) electrons. The fourth-order valence-electron chi connectivity index (χ4n) is 2.10. The highest BCUT2D eigenvalue weighted by atomic mass is 32.1. The van der Waals surface area contributed by atoms with Crippen molar-refractivity contribution in [2.75, 3.05) is 0 Å². The molecule has 0 spiro atoms. The van der Waals surface area contributed by atoms with E-state index in [4.69, 9.17) is 10.3 Å². The third-order valence-corrected chi connectivity index (χ3v) is 3.86. The largest absolute Gasteiger partial charge is 0.459 e. The molecule has 0 aliphatic carbocycles. The van der Waals surface area contributed by atoms with Crippen molar-refractivity contribution in [1.29, 1.82) is 0 Å². The Balaban J connectivity index is 2.05. The molecule has 3 aromatic rings. The van der Waals surface area contributed by atoms with Gasteiger partial charge in [-0.3, -0.25) is 5.84 Å². The molecule has 2 heterocycles. The molecule has 2 aromatic heterocycles. The Morgan fingerprint density at radius 1 is 1.28 bits per heavy atom. The SMILES string of the molecule is Cc1cc(C(NN)c2cc3ccccc3o2)cs1. The predicted molar refractivity (Wildman–Crippen MR) is 74.4 cm³/mol. The van der Waals surface area contributed by atoms with E-state index in [1.165, 1.54) is 4.88 Å². The standard InChI is InChI=1S/C14H14N2OS/c1-9-6-11(8-18-9)14(16-15)13-7-10-4-2-3-5-12(10)17-13/h2-8,14,16H,15H2,1H3. The lowest BCUT2D eigenvalue weighted by atomic mass is 10.1. The van der Waals surface area contributed by atoms with Crippen molar-refractivity contribution in [3.05, 3.63) is 58.0 Å². The van der Waals surface area contributed by atoms with E-state index in [0.29, 0.717) is 0 Å². The average Bonchev–Trinajstić information content (AvgIpc) is 2.96. The number of hydrogen-bond acceptors (Lipinski definition) is 4. The van der Waals surface area contributed by atoms with Crippen LogP contribution in [0.15, 0.2) is 46.2 Å². The van der Waals surface area contributed by atoms with Gasteiger partial charge in [0.1, 0.15) is 17.4 Å². The topological polar surface area (TPSA) is 51.2 Å². The van der Waals surface area contributed by atoms with Crippen LogP contribution in [-0.4, -0.2) is 0 Å². The van der Waals surface area contributed by atoms with Crippen LogP contribution in [0.4, 0.5) is 0 Å². The second-order valence-corrected chi connectivity index (χ2v) is 5.39. The minimum Gasteiger partial charge on any atom is -0.459 e. The minimum absolute atomic E-state index is 0.0950. The van der Waals surface area contributed by atoms with Gasteiger partial charge in [-0.2, -0.15) is 0 Å². The van der Waals surface area contributed by atoms with Crippen molar-refractivity contribution in [2.24, 2.45) is 5.84 Å². The molecule has 0 fully saturated rings. The normalized spacial score (nSPS) is 13.0. The van der Waals surface area contributed by atoms with Gasteiger partial charge in [0.2, 0.25) is 0 Å². The summed E-state index contributed by atoms with van der Waals surface area (Å²) in [7, 11) is 0. The molecule has 0 aliphatic rings. The maximum absolute atomic E-state index is 5.85. The lowest BCUT2D eigenvalue weighted by Gasteiger charge is -2.11. The molecule has 18 heavy (non-hydrogen) atoms. The summed E-state index contributed by atoms with van der Waals surface area (Å²) in [4.78, 5) is 1.27. The predicted octanol–water partition coefficient (Wildman–Crippen LogP) is 3.36. The summed E-state index contributed by atoms with van der Waals surface area (Å²) in [5.74, 6) is 6.51. The van der Waals surface area contributed by atoms with Crippen molar-refractivity contribution in [3.63, 3.8) is 0 Å². The van der Waals surface area contributed by atoms with Crippen LogP contribution in [0.5, 0.6) is 0 Å². The molecule has 3 nitrogen and oxygen atoms in total. The van der Waals surface area contributed by atoms with Crippen LogP contribution in [0.2, 0.25) is 0 Å². The summed E-state index contributed by atoms with van der Waals surface area (Å²) in [6.07, 6.45) is 0. The molecule has 4 heteroatoms. The highest BCUT2D eigenvalue weighted by molar-refractivity contribution is 7.10. The number of aryl methyl sites for hydroxylation is 1. The van der Waals surface area contributed by atoms with Crippen LogP contribution >= 0.6 is 11.3 Å². The Morgan fingerprint density at radius 3 is 2.78 bits per heavy atom. The quantitative estimate of drug-likeness (QED) is 0.559. The summed E-state index contributed by atoms with van der Waals surface area (Å²) in [5, 5.41) is 3.20. The first-order valence-corrected chi connectivity index (χ1v) is 6.65. The Kier molecular flexibility index (Phi) is 2.91. The highest BCUT2D eigenvalue weighted by Crippen LogP contribution is 2.29. The van der Waals surface area contributed by atoms with E-state index in [2.05, 4.69) is 23.8 Å². The second-order valence-electron chi connectivity index (χ2n) is 4.28. The number of nitrogens with two attached hydrogens (primary N) is 1. The van der Waals surface area contributed by atoms with E-state index in [-0.39, 0.29) is 6.04 Å². The van der Waals surface area contributed by atoms with Gasteiger partial charge in [-0.05, 0) is 36.1 Å².